The monoisotopic (exact) mass is 245 g/mol. The van der Waals surface area contributed by atoms with E-state index in [2.05, 4.69) is 15.3 Å². The van der Waals surface area contributed by atoms with Crippen molar-refractivity contribution < 1.29 is 4.92 Å². The molecule has 92 valence electrons. The second-order valence-corrected chi connectivity index (χ2v) is 3.57. The highest BCUT2D eigenvalue weighted by Gasteiger charge is 2.12. The van der Waals surface area contributed by atoms with Crippen LogP contribution in [-0.2, 0) is 6.54 Å². The molecule has 0 fully saturated rings. The molecule has 7 heteroatoms. The molecule has 2 rings (SSSR count). The maximum atomic E-state index is 10.6. The largest absolute Gasteiger partial charge is 0.378 e. The van der Waals surface area contributed by atoms with Crippen molar-refractivity contribution in [1.82, 2.24) is 9.97 Å². The Hall–Kier alpha value is -2.70. The Balaban J connectivity index is 2.07. The summed E-state index contributed by atoms with van der Waals surface area (Å²) < 4.78 is 0. The number of anilines is 2. The van der Waals surface area contributed by atoms with Crippen molar-refractivity contribution in [3.8, 4) is 0 Å². The van der Waals surface area contributed by atoms with Gasteiger partial charge in [0, 0.05) is 25.0 Å². The predicted molar refractivity (Wildman–Crippen MR) is 66.9 cm³/mol. The fourth-order valence-corrected chi connectivity index (χ4v) is 1.41. The van der Waals surface area contributed by atoms with Gasteiger partial charge in [0.1, 0.15) is 5.82 Å². The van der Waals surface area contributed by atoms with Crippen LogP contribution in [0.15, 0.2) is 36.7 Å². The molecule has 0 bridgehead atoms. The highest BCUT2D eigenvalue weighted by molar-refractivity contribution is 5.57. The molecular formula is C11H11N5O2. The lowest BCUT2D eigenvalue weighted by Gasteiger charge is -2.06. The minimum Gasteiger partial charge on any atom is -0.378 e. The van der Waals surface area contributed by atoms with Crippen LogP contribution in [0.25, 0.3) is 0 Å². The molecule has 18 heavy (non-hydrogen) atoms. The third-order valence-corrected chi connectivity index (χ3v) is 2.32. The Kier molecular flexibility index (Phi) is 3.33. The van der Waals surface area contributed by atoms with Crippen LogP contribution >= 0.6 is 0 Å². The first-order valence-corrected chi connectivity index (χ1v) is 5.20. The van der Waals surface area contributed by atoms with Crippen LogP contribution in [0.5, 0.6) is 0 Å². The zero-order chi connectivity index (χ0) is 13.0. The van der Waals surface area contributed by atoms with Crippen LogP contribution in [0, 0.1) is 10.1 Å². The number of nitrogens with zero attached hydrogens (tertiary/aromatic N) is 3. The quantitative estimate of drug-likeness (QED) is 0.625. The van der Waals surface area contributed by atoms with E-state index in [4.69, 9.17) is 5.73 Å². The first kappa shape index (κ1) is 11.8. The average molecular weight is 245 g/mol. The summed E-state index contributed by atoms with van der Waals surface area (Å²) in [5.74, 6) is 0.398. The van der Waals surface area contributed by atoms with Crippen LogP contribution in [0.3, 0.4) is 0 Å². The van der Waals surface area contributed by atoms with Gasteiger partial charge >= 0.3 is 5.69 Å². The van der Waals surface area contributed by atoms with E-state index in [-0.39, 0.29) is 11.5 Å². The molecule has 0 aliphatic rings. The molecule has 0 atom stereocenters. The molecule has 2 aromatic rings. The lowest BCUT2D eigenvalue weighted by molar-refractivity contribution is -0.384. The number of nitro groups is 1. The fraction of sp³-hybridized carbons (Fsp3) is 0.0909. The first-order valence-electron chi connectivity index (χ1n) is 5.20. The number of nitrogen functional groups attached to an aromatic ring is 1. The van der Waals surface area contributed by atoms with Gasteiger partial charge in [-0.25, -0.2) is 4.98 Å². The third-order valence-electron chi connectivity index (χ3n) is 2.32. The zero-order valence-corrected chi connectivity index (χ0v) is 9.41. The molecule has 2 heterocycles. The van der Waals surface area contributed by atoms with E-state index in [1.165, 1.54) is 12.1 Å². The molecule has 7 nitrogen and oxygen atoms in total. The Morgan fingerprint density at radius 3 is 2.61 bits per heavy atom. The summed E-state index contributed by atoms with van der Waals surface area (Å²) in [6, 6.07) is 6.58. The van der Waals surface area contributed by atoms with Crippen molar-refractivity contribution in [2.45, 2.75) is 6.54 Å². The molecule has 2 aromatic heterocycles. The number of hydrogen-bond acceptors (Lipinski definition) is 6. The van der Waals surface area contributed by atoms with Crippen LogP contribution in [0.1, 0.15) is 5.56 Å². The minimum atomic E-state index is -0.561. The van der Waals surface area contributed by atoms with Crippen LogP contribution < -0.4 is 11.1 Å². The number of pyridine rings is 2. The lowest BCUT2D eigenvalue weighted by atomic mass is 10.3. The third kappa shape index (κ3) is 2.70. The average Bonchev–Trinajstić information content (AvgIpc) is 2.37. The van der Waals surface area contributed by atoms with Crippen LogP contribution in [0.2, 0.25) is 0 Å². The maximum absolute atomic E-state index is 10.6. The van der Waals surface area contributed by atoms with Gasteiger partial charge in [0.2, 0.25) is 5.82 Å². The normalized spacial score (nSPS) is 10.0. The number of aromatic nitrogens is 2. The molecule has 0 aromatic carbocycles. The Morgan fingerprint density at radius 1 is 1.28 bits per heavy atom. The van der Waals surface area contributed by atoms with Crippen LogP contribution in [-0.4, -0.2) is 14.9 Å². The van der Waals surface area contributed by atoms with Crippen molar-refractivity contribution in [2.75, 3.05) is 11.1 Å². The van der Waals surface area contributed by atoms with E-state index in [1.807, 2.05) is 12.1 Å². The summed E-state index contributed by atoms with van der Waals surface area (Å²) in [5.41, 5.74) is 6.33. The molecular weight excluding hydrogens is 234 g/mol. The van der Waals surface area contributed by atoms with Gasteiger partial charge in [-0.3, -0.25) is 15.1 Å². The summed E-state index contributed by atoms with van der Waals surface area (Å²) in [7, 11) is 0. The minimum absolute atomic E-state index is 0.0975. The Labute approximate surface area is 103 Å². The lowest BCUT2D eigenvalue weighted by Crippen LogP contribution is -2.04. The molecule has 0 saturated carbocycles. The van der Waals surface area contributed by atoms with E-state index >= 15 is 0 Å². The van der Waals surface area contributed by atoms with Crippen molar-refractivity contribution in [3.05, 3.63) is 52.3 Å². The van der Waals surface area contributed by atoms with E-state index in [0.717, 1.165) is 5.56 Å². The van der Waals surface area contributed by atoms with E-state index in [9.17, 15) is 10.1 Å². The molecule has 0 aliphatic heterocycles. The summed E-state index contributed by atoms with van der Waals surface area (Å²) in [5, 5.41) is 13.6. The standard InChI is InChI=1S/C11H11N5O2/c12-11-9(16(17)18)1-2-10(15-11)14-7-8-3-5-13-6-4-8/h1-6H,7H2,(H3,12,14,15). The highest BCUT2D eigenvalue weighted by Crippen LogP contribution is 2.20. The van der Waals surface area contributed by atoms with Gasteiger partial charge in [0.05, 0.1) is 4.92 Å². The highest BCUT2D eigenvalue weighted by atomic mass is 16.6. The molecule has 0 saturated heterocycles. The van der Waals surface area contributed by atoms with E-state index in [0.29, 0.717) is 12.4 Å². The summed E-state index contributed by atoms with van der Waals surface area (Å²) in [6.07, 6.45) is 3.38. The van der Waals surface area contributed by atoms with Crippen molar-refractivity contribution in [2.24, 2.45) is 0 Å². The topological polar surface area (TPSA) is 107 Å². The van der Waals surface area contributed by atoms with Gasteiger partial charge in [-0.05, 0) is 23.8 Å². The molecule has 0 unspecified atom stereocenters. The Morgan fingerprint density at radius 2 is 2.00 bits per heavy atom. The number of rotatable bonds is 4. The Bertz CT molecular complexity index is 559. The molecule has 0 amide bonds. The van der Waals surface area contributed by atoms with Gasteiger partial charge in [-0.1, -0.05) is 0 Å². The van der Waals surface area contributed by atoms with Gasteiger partial charge in [-0.2, -0.15) is 0 Å². The number of hydrogen-bond donors (Lipinski definition) is 2. The van der Waals surface area contributed by atoms with Gasteiger partial charge in [0.15, 0.2) is 0 Å². The summed E-state index contributed by atoms with van der Waals surface area (Å²) in [4.78, 5) is 17.8. The molecule has 0 spiro atoms. The maximum Gasteiger partial charge on any atom is 0.311 e. The van der Waals surface area contributed by atoms with Crippen molar-refractivity contribution in [1.29, 1.82) is 0 Å². The number of nitrogens with two attached hydrogens (primary N) is 1. The van der Waals surface area contributed by atoms with E-state index < -0.39 is 4.92 Å². The van der Waals surface area contributed by atoms with E-state index in [1.54, 1.807) is 12.4 Å². The number of nitrogens with one attached hydrogen (secondary N) is 1. The SMILES string of the molecule is Nc1nc(NCc2ccncc2)ccc1[N+](=O)[O-]. The first-order chi connectivity index (χ1) is 8.66. The summed E-state index contributed by atoms with van der Waals surface area (Å²) in [6.45, 7) is 0.548. The van der Waals surface area contributed by atoms with Crippen molar-refractivity contribution >= 4 is 17.3 Å². The predicted octanol–water partition coefficient (Wildman–Crippen LogP) is 1.58. The molecule has 3 N–H and O–H groups in total. The van der Waals surface area contributed by atoms with Crippen molar-refractivity contribution in [3.63, 3.8) is 0 Å². The summed E-state index contributed by atoms with van der Waals surface area (Å²) >= 11 is 0. The zero-order valence-electron chi connectivity index (χ0n) is 9.41. The van der Waals surface area contributed by atoms with Gasteiger partial charge in [-0.15, -0.1) is 0 Å². The van der Waals surface area contributed by atoms with Gasteiger partial charge < -0.3 is 11.1 Å². The second kappa shape index (κ2) is 5.09. The fourth-order valence-electron chi connectivity index (χ4n) is 1.41. The molecule has 0 radical (unpaired) electrons. The second-order valence-electron chi connectivity index (χ2n) is 3.57. The molecule has 0 aliphatic carbocycles. The van der Waals surface area contributed by atoms with Gasteiger partial charge in [0.25, 0.3) is 0 Å². The van der Waals surface area contributed by atoms with Crippen LogP contribution in [0.4, 0.5) is 17.3 Å². The smallest absolute Gasteiger partial charge is 0.311 e.